The topological polar surface area (TPSA) is 106 Å². The molecule has 3 heterocycles. The van der Waals surface area contributed by atoms with E-state index in [4.69, 9.17) is 10.7 Å². The van der Waals surface area contributed by atoms with Gasteiger partial charge in [0.1, 0.15) is 15.4 Å². The zero-order valence-corrected chi connectivity index (χ0v) is 17.5. The van der Waals surface area contributed by atoms with Gasteiger partial charge in [0.2, 0.25) is 0 Å². The number of aromatic nitrogens is 3. The van der Waals surface area contributed by atoms with Crippen LogP contribution in [0.3, 0.4) is 0 Å². The van der Waals surface area contributed by atoms with Crippen LogP contribution in [0.5, 0.6) is 0 Å². The van der Waals surface area contributed by atoms with Gasteiger partial charge >= 0.3 is 0 Å². The minimum Gasteiger partial charge on any atom is -0.396 e. The number of fused-ring (bicyclic) bond motifs is 1. The first-order valence-corrected chi connectivity index (χ1v) is 11.2. The average molecular weight is 425 g/mol. The maximum Gasteiger partial charge on any atom is 0.159 e. The van der Waals surface area contributed by atoms with Gasteiger partial charge in [-0.25, -0.2) is 19.9 Å². The average Bonchev–Trinajstić information content (AvgIpc) is 3.03. The van der Waals surface area contributed by atoms with E-state index in [0.29, 0.717) is 15.7 Å². The van der Waals surface area contributed by atoms with E-state index in [1.54, 1.807) is 24.7 Å². The second-order valence-electron chi connectivity index (χ2n) is 6.72. The Bertz CT molecular complexity index is 1150. The quantitative estimate of drug-likeness (QED) is 0.474. The van der Waals surface area contributed by atoms with E-state index in [9.17, 15) is 4.21 Å². The van der Waals surface area contributed by atoms with Gasteiger partial charge in [0, 0.05) is 34.8 Å². The Morgan fingerprint density at radius 1 is 1.38 bits per heavy atom. The molecular formula is C20H20N6OS2. The fraction of sp³-hybridized carbons (Fsp3) is 0.250. The van der Waals surface area contributed by atoms with E-state index in [2.05, 4.69) is 26.7 Å². The predicted molar refractivity (Wildman–Crippen MR) is 121 cm³/mol. The molecule has 0 spiro atoms. The van der Waals surface area contributed by atoms with E-state index in [0.717, 1.165) is 46.3 Å². The number of pyridine rings is 1. The first-order chi connectivity index (χ1) is 14.1. The molecule has 148 valence electrons. The van der Waals surface area contributed by atoms with Gasteiger partial charge in [0.15, 0.2) is 5.82 Å². The van der Waals surface area contributed by atoms with Crippen LogP contribution in [0.1, 0.15) is 31.9 Å². The molecule has 3 aromatic rings. The van der Waals surface area contributed by atoms with Crippen molar-refractivity contribution in [3.05, 3.63) is 36.4 Å². The molecule has 7 nitrogen and oxygen atoms in total. The Labute approximate surface area is 175 Å². The summed E-state index contributed by atoms with van der Waals surface area (Å²) < 4.78 is 13.7. The molecule has 4 rings (SSSR count). The van der Waals surface area contributed by atoms with Crippen molar-refractivity contribution in [3.8, 4) is 11.4 Å². The third-order valence-electron chi connectivity index (χ3n) is 4.83. The third kappa shape index (κ3) is 3.75. The highest BCUT2D eigenvalue weighted by molar-refractivity contribution is 7.88. The summed E-state index contributed by atoms with van der Waals surface area (Å²) >= 11 is 1.39. The van der Waals surface area contributed by atoms with Crippen molar-refractivity contribution in [3.63, 3.8) is 0 Å². The fourth-order valence-corrected chi connectivity index (χ4v) is 6.27. The Morgan fingerprint density at radius 2 is 2.14 bits per heavy atom. The molecule has 1 unspecified atom stereocenters. The van der Waals surface area contributed by atoms with Gasteiger partial charge in [-0.2, -0.15) is 0 Å². The molecule has 0 amide bonds. The molecule has 0 bridgehead atoms. The minimum atomic E-state index is -1.12. The van der Waals surface area contributed by atoms with Crippen molar-refractivity contribution in [1.29, 1.82) is 0 Å². The third-order valence-corrected chi connectivity index (χ3v) is 8.13. The van der Waals surface area contributed by atoms with E-state index in [1.807, 2.05) is 13.0 Å². The van der Waals surface area contributed by atoms with Gasteiger partial charge in [0.05, 0.1) is 22.2 Å². The lowest BCUT2D eigenvalue weighted by atomic mass is 10.0. The van der Waals surface area contributed by atoms with Crippen LogP contribution in [0.25, 0.3) is 27.2 Å². The molecule has 3 aromatic heterocycles. The lowest BCUT2D eigenvalue weighted by Gasteiger charge is -2.23. The van der Waals surface area contributed by atoms with Crippen molar-refractivity contribution in [1.82, 2.24) is 15.0 Å². The van der Waals surface area contributed by atoms with E-state index in [-0.39, 0.29) is 5.25 Å². The summed E-state index contributed by atoms with van der Waals surface area (Å²) in [6, 6.07) is 3.67. The highest BCUT2D eigenvalue weighted by atomic mass is 32.2. The van der Waals surface area contributed by atoms with Gasteiger partial charge in [-0.3, -0.25) is 9.20 Å². The van der Waals surface area contributed by atoms with Crippen molar-refractivity contribution in [2.45, 2.75) is 35.6 Å². The largest absolute Gasteiger partial charge is 0.396 e. The SMILES string of the molecule is C=NC=N/C=C(\C)c1cc(-c2ncccn2)c2c(N)c(S(=O)C3CCC3)sc2n1. The Kier molecular flexibility index (Phi) is 5.59. The maximum absolute atomic E-state index is 13.0. The van der Waals surface area contributed by atoms with Gasteiger partial charge in [-0.1, -0.05) is 6.42 Å². The number of anilines is 1. The Balaban J connectivity index is 1.92. The van der Waals surface area contributed by atoms with Crippen LogP contribution in [-0.2, 0) is 10.8 Å². The smallest absolute Gasteiger partial charge is 0.159 e. The van der Waals surface area contributed by atoms with Crippen LogP contribution in [-0.4, -0.2) is 37.5 Å². The molecule has 1 atom stereocenters. The summed E-state index contributed by atoms with van der Waals surface area (Å²) in [5.41, 5.74) is 9.35. The molecule has 1 aliphatic rings. The molecule has 0 saturated heterocycles. The van der Waals surface area contributed by atoms with Crippen molar-refractivity contribution in [2.24, 2.45) is 9.98 Å². The number of aliphatic imine (C=N–C) groups is 2. The molecule has 1 aliphatic carbocycles. The number of hydrogen-bond acceptors (Lipinski definition) is 7. The molecule has 0 aliphatic heterocycles. The number of allylic oxidation sites excluding steroid dienone is 1. The molecule has 0 aromatic carbocycles. The summed E-state index contributed by atoms with van der Waals surface area (Å²) in [4.78, 5) is 22.0. The standard InChI is InChI=1S/C20H20N6OS2/c1-12(10-23-11-22-2)15-9-14(18-24-7-4-8-25-18)16-17(21)20(28-19(16)26-15)29(27)13-5-3-6-13/h4,7-11,13H,2-3,5-6,21H2,1H3/b12-10+,23-11?. The van der Waals surface area contributed by atoms with Crippen LogP contribution in [0, 0.1) is 0 Å². The van der Waals surface area contributed by atoms with Crippen LogP contribution in [0.2, 0.25) is 0 Å². The van der Waals surface area contributed by atoms with Crippen LogP contribution >= 0.6 is 11.3 Å². The second-order valence-corrected chi connectivity index (χ2v) is 9.65. The number of nitrogens with two attached hydrogens (primary N) is 1. The normalized spacial score (nSPS) is 16.2. The molecule has 0 radical (unpaired) electrons. The number of hydrogen-bond donors (Lipinski definition) is 1. The first-order valence-electron chi connectivity index (χ1n) is 9.15. The van der Waals surface area contributed by atoms with Gasteiger partial charge in [-0.15, -0.1) is 11.3 Å². The van der Waals surface area contributed by atoms with Crippen LogP contribution in [0.4, 0.5) is 5.69 Å². The fourth-order valence-electron chi connectivity index (χ4n) is 3.06. The number of nitrogen functional groups attached to an aromatic ring is 1. The minimum absolute atomic E-state index is 0.184. The predicted octanol–water partition coefficient (Wildman–Crippen LogP) is 4.09. The first kappa shape index (κ1) is 19.5. The highest BCUT2D eigenvalue weighted by Gasteiger charge is 2.29. The highest BCUT2D eigenvalue weighted by Crippen LogP contribution is 2.43. The van der Waals surface area contributed by atoms with Crippen LogP contribution in [0.15, 0.2) is 44.9 Å². The molecule has 1 saturated carbocycles. The van der Waals surface area contributed by atoms with Gasteiger partial charge < -0.3 is 5.73 Å². The lowest BCUT2D eigenvalue weighted by molar-refractivity contribution is 0.505. The summed E-state index contributed by atoms with van der Waals surface area (Å²) in [7, 11) is -1.12. The van der Waals surface area contributed by atoms with Gasteiger partial charge in [-0.05, 0) is 44.2 Å². The lowest BCUT2D eigenvalue weighted by Crippen LogP contribution is -2.23. The molecular weight excluding hydrogens is 404 g/mol. The van der Waals surface area contributed by atoms with Crippen LogP contribution < -0.4 is 5.73 Å². The van der Waals surface area contributed by atoms with E-state index in [1.165, 1.54) is 17.7 Å². The zero-order chi connectivity index (χ0) is 20.4. The monoisotopic (exact) mass is 424 g/mol. The van der Waals surface area contributed by atoms with Gasteiger partial charge in [0.25, 0.3) is 0 Å². The molecule has 9 heteroatoms. The number of thiophene rings is 1. The zero-order valence-electron chi connectivity index (χ0n) is 15.9. The molecule has 2 N–H and O–H groups in total. The maximum atomic E-state index is 13.0. The van der Waals surface area contributed by atoms with Crippen molar-refractivity contribution < 1.29 is 4.21 Å². The number of rotatable bonds is 6. The summed E-state index contributed by atoms with van der Waals surface area (Å²) in [5.74, 6) is 0.552. The summed E-state index contributed by atoms with van der Waals surface area (Å²) in [6.07, 6.45) is 9.49. The summed E-state index contributed by atoms with van der Waals surface area (Å²) in [6.45, 7) is 5.29. The molecule has 1 fully saturated rings. The number of nitrogens with zero attached hydrogens (tertiary/aromatic N) is 5. The molecule has 29 heavy (non-hydrogen) atoms. The summed E-state index contributed by atoms with van der Waals surface area (Å²) in [5, 5.41) is 0.945. The Hall–Kier alpha value is -2.78. The van der Waals surface area contributed by atoms with E-state index >= 15 is 0 Å². The Morgan fingerprint density at radius 3 is 2.79 bits per heavy atom. The second kappa shape index (κ2) is 8.30. The van der Waals surface area contributed by atoms with Crippen molar-refractivity contribution >= 4 is 56.7 Å². The van der Waals surface area contributed by atoms with Crippen molar-refractivity contribution in [2.75, 3.05) is 5.73 Å². The van der Waals surface area contributed by atoms with E-state index < -0.39 is 10.8 Å².